The van der Waals surface area contributed by atoms with Gasteiger partial charge in [0.05, 0.1) is 32.5 Å². The Labute approximate surface area is 283 Å². The fourth-order valence-electron chi connectivity index (χ4n) is 4.92. The zero-order chi connectivity index (χ0) is 33.8. The summed E-state index contributed by atoms with van der Waals surface area (Å²) in [7, 11) is 0. The van der Waals surface area contributed by atoms with Crippen molar-refractivity contribution >= 4 is 11.8 Å². The summed E-state index contributed by atoms with van der Waals surface area (Å²) >= 11 is 0. The molecule has 0 aliphatic rings. The molecule has 0 aliphatic heterocycles. The summed E-state index contributed by atoms with van der Waals surface area (Å²) in [5.74, 6) is 6.88. The monoisotopic (exact) mass is 652 g/mol. The van der Waals surface area contributed by atoms with E-state index in [1.54, 1.807) is 0 Å². The molecule has 0 saturated heterocycles. The molecule has 2 amide bonds. The summed E-state index contributed by atoms with van der Waals surface area (Å²) < 4.78 is 16.6. The molecule has 1 unspecified atom stereocenters. The highest BCUT2D eigenvalue weighted by molar-refractivity contribution is 5.81. The highest BCUT2D eigenvalue weighted by atomic mass is 16.5. The summed E-state index contributed by atoms with van der Waals surface area (Å²) in [5.41, 5.74) is 5.80. The van der Waals surface area contributed by atoms with Gasteiger partial charge in [-0.05, 0) is 38.0 Å². The number of carbonyl (C=O) groups excluding carboxylic acids is 2. The van der Waals surface area contributed by atoms with Crippen molar-refractivity contribution in [1.82, 2.24) is 10.6 Å². The van der Waals surface area contributed by atoms with Crippen molar-refractivity contribution in [3.05, 3.63) is 0 Å². The van der Waals surface area contributed by atoms with Gasteiger partial charge in [0.1, 0.15) is 0 Å². The van der Waals surface area contributed by atoms with E-state index in [-0.39, 0.29) is 17.7 Å². The minimum atomic E-state index is -0.463. The van der Waals surface area contributed by atoms with Gasteiger partial charge in [-0.15, -0.1) is 11.8 Å². The second-order valence-corrected chi connectivity index (χ2v) is 12.9. The number of hydrogen-bond donors (Lipinski definition) is 3. The van der Waals surface area contributed by atoms with Crippen LogP contribution in [0.15, 0.2) is 0 Å². The molecule has 0 aromatic heterocycles. The summed E-state index contributed by atoms with van der Waals surface area (Å²) in [6, 6.07) is -0.463. The van der Waals surface area contributed by atoms with Crippen LogP contribution < -0.4 is 16.4 Å². The molecule has 4 N–H and O–H groups in total. The molecule has 0 radical (unpaired) electrons. The molecule has 0 aromatic carbocycles. The number of nitrogens with one attached hydrogen (secondary N) is 2. The molecule has 8 heteroatoms. The Bertz CT molecular complexity index is 738. The van der Waals surface area contributed by atoms with Gasteiger partial charge in [-0.1, -0.05) is 104 Å². The van der Waals surface area contributed by atoms with Crippen molar-refractivity contribution in [2.75, 3.05) is 52.7 Å². The third-order valence-corrected chi connectivity index (χ3v) is 8.05. The molecule has 0 fully saturated rings. The van der Waals surface area contributed by atoms with Crippen LogP contribution in [0.4, 0.5) is 0 Å². The first-order valence-electron chi connectivity index (χ1n) is 19.0. The molecule has 1 atom stereocenters. The molecule has 0 heterocycles. The fourth-order valence-corrected chi connectivity index (χ4v) is 4.92. The smallest absolute Gasteiger partial charge is 0.237 e. The Morgan fingerprint density at radius 1 is 0.565 bits per heavy atom. The first-order valence-corrected chi connectivity index (χ1v) is 19.0. The zero-order valence-electron chi connectivity index (χ0n) is 30.3. The third-order valence-electron chi connectivity index (χ3n) is 8.05. The topological polar surface area (TPSA) is 112 Å². The predicted molar refractivity (Wildman–Crippen MR) is 192 cm³/mol. The molecule has 0 spiro atoms. The average molecular weight is 652 g/mol. The quantitative estimate of drug-likeness (QED) is 0.0492. The predicted octanol–water partition coefficient (Wildman–Crippen LogP) is 7.47. The van der Waals surface area contributed by atoms with Crippen LogP contribution in [0.3, 0.4) is 0 Å². The molecular formula is C38H73N3O5. The summed E-state index contributed by atoms with van der Waals surface area (Å²) in [5, 5.41) is 5.81. The Balaban J connectivity index is 3.27. The van der Waals surface area contributed by atoms with Crippen LogP contribution in [0.2, 0.25) is 0 Å². The van der Waals surface area contributed by atoms with Gasteiger partial charge >= 0.3 is 0 Å². The maximum Gasteiger partial charge on any atom is 0.237 e. The number of carbonyl (C=O) groups is 2. The van der Waals surface area contributed by atoms with E-state index in [2.05, 4.69) is 29.4 Å². The number of ether oxygens (including phenoxy) is 3. The second kappa shape index (κ2) is 36.2. The van der Waals surface area contributed by atoms with Crippen LogP contribution >= 0.6 is 0 Å². The lowest BCUT2D eigenvalue weighted by atomic mass is 10.1. The Kier molecular flexibility index (Phi) is 34.9. The fraction of sp³-hybridized carbons (Fsp3) is 0.895. The van der Waals surface area contributed by atoms with Gasteiger partial charge in [-0.3, -0.25) is 9.59 Å². The van der Waals surface area contributed by atoms with E-state index >= 15 is 0 Å². The zero-order valence-corrected chi connectivity index (χ0v) is 30.3. The Morgan fingerprint density at radius 2 is 0.978 bits per heavy atom. The van der Waals surface area contributed by atoms with Crippen molar-refractivity contribution in [2.45, 2.75) is 162 Å². The van der Waals surface area contributed by atoms with Crippen LogP contribution in [0.1, 0.15) is 156 Å². The lowest BCUT2D eigenvalue weighted by Crippen LogP contribution is -2.44. The number of hydrogen-bond acceptors (Lipinski definition) is 6. The Hall–Kier alpha value is -1.66. The maximum absolute atomic E-state index is 12.0. The van der Waals surface area contributed by atoms with Crippen molar-refractivity contribution in [1.29, 1.82) is 0 Å². The van der Waals surface area contributed by atoms with Gasteiger partial charge in [0.15, 0.2) is 0 Å². The molecule has 0 aliphatic carbocycles. The number of unbranched alkanes of at least 4 members (excludes halogenated alkanes) is 16. The van der Waals surface area contributed by atoms with Crippen molar-refractivity contribution in [3.63, 3.8) is 0 Å². The first kappa shape index (κ1) is 44.3. The molecule has 270 valence electrons. The average Bonchev–Trinajstić information content (AvgIpc) is 3.05. The lowest BCUT2D eigenvalue weighted by molar-refractivity contribution is -0.123. The number of nitrogens with two attached hydrogens (primary N) is 1. The molecule has 0 rings (SSSR count). The standard InChI is InChI=1S/C38H73N3O5/c1-4-5-6-7-8-9-10-11-12-13-14-15-16-17-18-19-20-21-22-23-26-36(42)40-27-24-29-44-31-33-46-34-32-45-30-25-28-41-38(43)37(39)35(2)3/h35,37H,4-14,17-34,39H2,1-3H3,(H,40,42)(H,41,43). The normalized spacial score (nSPS) is 11.8. The molecule has 46 heavy (non-hydrogen) atoms. The van der Waals surface area contributed by atoms with Gasteiger partial charge in [0.25, 0.3) is 0 Å². The highest BCUT2D eigenvalue weighted by Crippen LogP contribution is 2.11. The van der Waals surface area contributed by atoms with E-state index in [9.17, 15) is 9.59 Å². The van der Waals surface area contributed by atoms with Gasteiger partial charge in [0, 0.05) is 45.6 Å². The van der Waals surface area contributed by atoms with Crippen LogP contribution in [0.25, 0.3) is 0 Å². The molecule has 8 nitrogen and oxygen atoms in total. The molecule has 0 bridgehead atoms. The second-order valence-electron chi connectivity index (χ2n) is 12.9. The number of amides is 2. The van der Waals surface area contributed by atoms with Gasteiger partial charge in [-0.25, -0.2) is 0 Å². The van der Waals surface area contributed by atoms with E-state index < -0.39 is 6.04 Å². The van der Waals surface area contributed by atoms with Crippen molar-refractivity contribution in [2.24, 2.45) is 11.7 Å². The minimum absolute atomic E-state index is 0.112. The van der Waals surface area contributed by atoms with Gasteiger partial charge < -0.3 is 30.6 Å². The van der Waals surface area contributed by atoms with E-state index in [1.165, 1.54) is 89.9 Å². The van der Waals surface area contributed by atoms with Gasteiger partial charge in [-0.2, -0.15) is 0 Å². The van der Waals surface area contributed by atoms with Gasteiger partial charge in [0.2, 0.25) is 11.8 Å². The van der Waals surface area contributed by atoms with E-state index in [0.29, 0.717) is 59.2 Å². The minimum Gasteiger partial charge on any atom is -0.379 e. The van der Waals surface area contributed by atoms with Crippen LogP contribution in [-0.4, -0.2) is 70.6 Å². The van der Waals surface area contributed by atoms with Crippen LogP contribution in [0, 0.1) is 17.8 Å². The highest BCUT2D eigenvalue weighted by Gasteiger charge is 2.16. The van der Waals surface area contributed by atoms with E-state index in [4.69, 9.17) is 19.9 Å². The molecule has 0 saturated carbocycles. The first-order chi connectivity index (χ1) is 22.5. The SMILES string of the molecule is CCCCCCCCCCCCC#CCCCCCCCCC(=O)NCCCOCCOCCOCCCNC(=O)C(N)C(C)C. The van der Waals surface area contributed by atoms with E-state index in [0.717, 1.165) is 38.5 Å². The molecular weight excluding hydrogens is 578 g/mol. The third kappa shape index (κ3) is 33.7. The largest absolute Gasteiger partial charge is 0.379 e. The number of rotatable bonds is 34. The van der Waals surface area contributed by atoms with Crippen molar-refractivity contribution in [3.8, 4) is 11.8 Å². The maximum atomic E-state index is 12.0. The molecule has 0 aromatic rings. The Morgan fingerprint density at radius 3 is 1.46 bits per heavy atom. The summed E-state index contributed by atoms with van der Waals surface area (Å²) in [6.45, 7) is 10.6. The summed E-state index contributed by atoms with van der Waals surface area (Å²) in [6.07, 6.45) is 25.0. The van der Waals surface area contributed by atoms with Crippen LogP contribution in [-0.2, 0) is 23.8 Å². The summed E-state index contributed by atoms with van der Waals surface area (Å²) in [4.78, 5) is 23.8. The van der Waals surface area contributed by atoms with Crippen LogP contribution in [0.5, 0.6) is 0 Å². The van der Waals surface area contributed by atoms with Crippen molar-refractivity contribution < 1.29 is 23.8 Å². The lowest BCUT2D eigenvalue weighted by Gasteiger charge is -2.15. The van der Waals surface area contributed by atoms with E-state index in [1.807, 2.05) is 13.8 Å².